The van der Waals surface area contributed by atoms with Gasteiger partial charge in [-0.3, -0.25) is 14.3 Å². The van der Waals surface area contributed by atoms with Crippen molar-refractivity contribution < 1.29 is 14.4 Å². The van der Waals surface area contributed by atoms with Gasteiger partial charge in [0.25, 0.3) is 5.96 Å². The molecule has 2 heterocycles. The highest BCUT2D eigenvalue weighted by atomic mass is 16.3. The summed E-state index contributed by atoms with van der Waals surface area (Å²) in [4.78, 5) is 23.4. The van der Waals surface area contributed by atoms with Gasteiger partial charge in [0.2, 0.25) is 5.91 Å². The highest BCUT2D eigenvalue weighted by Gasteiger charge is 2.54. The molecule has 7 heteroatoms. The number of quaternary nitrogens is 1. The van der Waals surface area contributed by atoms with Crippen LogP contribution >= 0.6 is 0 Å². The van der Waals surface area contributed by atoms with E-state index < -0.39 is 5.60 Å². The Morgan fingerprint density at radius 2 is 2.06 bits per heavy atom. The van der Waals surface area contributed by atoms with E-state index in [0.717, 1.165) is 39.0 Å². The van der Waals surface area contributed by atoms with Crippen LogP contribution in [-0.4, -0.2) is 70.7 Å². The maximum atomic E-state index is 12.4. The first kappa shape index (κ1) is 23.7. The van der Waals surface area contributed by atoms with Gasteiger partial charge in [0, 0.05) is 44.0 Å². The van der Waals surface area contributed by atoms with Gasteiger partial charge in [-0.05, 0) is 69.4 Å². The van der Waals surface area contributed by atoms with Crippen LogP contribution in [-0.2, 0) is 11.3 Å². The molecule has 0 radical (unpaired) electrons. The molecule has 172 valence electrons. The van der Waals surface area contributed by atoms with Crippen LogP contribution in [0, 0.1) is 18.3 Å². The number of aliphatic imine (C=N–C) groups is 1. The summed E-state index contributed by atoms with van der Waals surface area (Å²) in [5.41, 5.74) is 8.37. The number of piperidine rings is 1. The molecule has 1 spiro atoms. The van der Waals surface area contributed by atoms with Crippen LogP contribution in [0.15, 0.2) is 23.5 Å². The Bertz CT molecular complexity index is 820. The van der Waals surface area contributed by atoms with Gasteiger partial charge in [0.1, 0.15) is 6.54 Å². The Labute approximate surface area is 186 Å². The molecule has 0 aromatic carbocycles. The van der Waals surface area contributed by atoms with Crippen molar-refractivity contribution in [3.63, 3.8) is 0 Å². The molecule has 1 unspecified atom stereocenters. The normalized spacial score (nSPS) is 21.4. The number of aryl methyl sites for hydroxylation is 1. The number of aromatic nitrogens is 1. The number of carbonyl (C=O) groups excluding carboxylic acids is 1. The number of pyridine rings is 1. The van der Waals surface area contributed by atoms with Crippen LogP contribution in [0.5, 0.6) is 0 Å². The van der Waals surface area contributed by atoms with E-state index in [1.807, 2.05) is 23.4 Å². The van der Waals surface area contributed by atoms with Crippen molar-refractivity contribution in [2.24, 2.45) is 22.1 Å². The molecule has 1 saturated carbocycles. The smallest absolute Gasteiger partial charge is 0.294 e. The zero-order valence-electron chi connectivity index (χ0n) is 19.9. The van der Waals surface area contributed by atoms with Crippen LogP contribution in [0.1, 0.15) is 57.1 Å². The standard InChI is InChI=1S/C24H40N5O2/c1-18-7-11-26-15-19(18)17-29(4,5)22(25)27-16-20-14-24(20)9-12-28(13-10-24)21(30)6-8-23(2,3)31/h7,11,15,20,31H,6,8-10,12-14,16-17H2,1-5H3,(H2,25,27)/q+1. The first-order chi connectivity index (χ1) is 14.4. The average Bonchev–Trinajstić information content (AvgIpc) is 3.37. The van der Waals surface area contributed by atoms with Crippen molar-refractivity contribution in [3.8, 4) is 0 Å². The molecule has 2 fully saturated rings. The second-order valence-electron chi connectivity index (χ2n) is 10.8. The summed E-state index contributed by atoms with van der Waals surface area (Å²) >= 11 is 0. The molecule has 1 aliphatic heterocycles. The van der Waals surface area contributed by atoms with Gasteiger partial charge in [-0.15, -0.1) is 0 Å². The fourth-order valence-electron chi connectivity index (χ4n) is 4.64. The summed E-state index contributed by atoms with van der Waals surface area (Å²) in [7, 11) is 4.18. The van der Waals surface area contributed by atoms with Gasteiger partial charge in [0.15, 0.2) is 0 Å². The number of amides is 1. The van der Waals surface area contributed by atoms with Crippen molar-refractivity contribution in [1.82, 2.24) is 9.88 Å². The number of carbonyl (C=O) groups is 1. The van der Waals surface area contributed by atoms with Gasteiger partial charge in [-0.1, -0.05) is 0 Å². The van der Waals surface area contributed by atoms with Crippen LogP contribution < -0.4 is 5.73 Å². The number of guanidine groups is 1. The second-order valence-corrected chi connectivity index (χ2v) is 10.8. The predicted octanol–water partition coefficient (Wildman–Crippen LogP) is 2.46. The minimum atomic E-state index is -0.784. The van der Waals surface area contributed by atoms with Crippen LogP contribution in [0.25, 0.3) is 0 Å². The Hall–Kier alpha value is -1.99. The summed E-state index contributed by atoms with van der Waals surface area (Å²) in [6.45, 7) is 8.79. The molecular formula is C24H40N5O2+. The van der Waals surface area contributed by atoms with Gasteiger partial charge >= 0.3 is 0 Å². The topological polar surface area (TPSA) is 91.8 Å². The maximum Gasteiger partial charge on any atom is 0.294 e. The molecule has 1 atom stereocenters. The lowest BCUT2D eigenvalue weighted by Gasteiger charge is -2.33. The summed E-state index contributed by atoms with van der Waals surface area (Å²) in [6.07, 6.45) is 7.94. The van der Waals surface area contributed by atoms with E-state index in [9.17, 15) is 9.90 Å². The molecule has 1 aromatic heterocycles. The Morgan fingerprint density at radius 1 is 1.39 bits per heavy atom. The van der Waals surface area contributed by atoms with Crippen molar-refractivity contribution in [3.05, 3.63) is 29.6 Å². The minimum absolute atomic E-state index is 0.168. The summed E-state index contributed by atoms with van der Waals surface area (Å²) in [6, 6.07) is 2.03. The van der Waals surface area contributed by atoms with Crippen LogP contribution in [0.3, 0.4) is 0 Å². The van der Waals surface area contributed by atoms with Gasteiger partial charge in [0.05, 0.1) is 19.7 Å². The SMILES string of the molecule is Cc1ccncc1C[N+](C)(C)C(N)=NCC1CC12CCN(C(=O)CCC(C)(C)O)CC2. The summed E-state index contributed by atoms with van der Waals surface area (Å²) in [5, 5.41) is 9.85. The summed E-state index contributed by atoms with van der Waals surface area (Å²) < 4.78 is 0.524. The Morgan fingerprint density at radius 3 is 2.68 bits per heavy atom. The van der Waals surface area contributed by atoms with Crippen molar-refractivity contribution in [2.45, 2.75) is 65.0 Å². The number of nitrogens with two attached hydrogens (primary N) is 1. The fraction of sp³-hybridized carbons (Fsp3) is 0.708. The molecular weight excluding hydrogens is 390 g/mol. The van der Waals surface area contributed by atoms with Gasteiger partial charge in [-0.2, -0.15) is 0 Å². The molecule has 0 bridgehead atoms. The average molecular weight is 431 g/mol. The Balaban J connectivity index is 1.48. The predicted molar refractivity (Wildman–Crippen MR) is 123 cm³/mol. The number of hydrogen-bond acceptors (Lipinski definition) is 4. The first-order valence-electron chi connectivity index (χ1n) is 11.5. The van der Waals surface area contributed by atoms with E-state index in [-0.39, 0.29) is 5.91 Å². The van der Waals surface area contributed by atoms with Crippen molar-refractivity contribution >= 4 is 11.9 Å². The molecule has 1 aromatic rings. The second kappa shape index (κ2) is 8.87. The van der Waals surface area contributed by atoms with E-state index in [0.29, 0.717) is 34.6 Å². The summed E-state index contributed by atoms with van der Waals surface area (Å²) in [5.74, 6) is 1.39. The van der Waals surface area contributed by atoms with E-state index in [1.54, 1.807) is 13.8 Å². The monoisotopic (exact) mass is 430 g/mol. The van der Waals surface area contributed by atoms with Crippen molar-refractivity contribution in [2.75, 3.05) is 33.7 Å². The lowest BCUT2D eigenvalue weighted by atomic mass is 9.90. The molecule has 1 amide bonds. The molecule has 7 nitrogen and oxygen atoms in total. The first-order valence-corrected chi connectivity index (χ1v) is 11.5. The van der Waals surface area contributed by atoms with Crippen molar-refractivity contribution in [1.29, 1.82) is 0 Å². The molecule has 31 heavy (non-hydrogen) atoms. The maximum absolute atomic E-state index is 12.4. The number of rotatable bonds is 7. The minimum Gasteiger partial charge on any atom is -0.390 e. The van der Waals surface area contributed by atoms with E-state index in [2.05, 4.69) is 26.0 Å². The van der Waals surface area contributed by atoms with Gasteiger partial charge < -0.3 is 15.7 Å². The molecule has 1 aliphatic carbocycles. The van der Waals surface area contributed by atoms with Gasteiger partial charge in [-0.25, -0.2) is 4.99 Å². The molecule has 3 rings (SSSR count). The third-order valence-corrected chi connectivity index (χ3v) is 7.23. The molecule has 1 saturated heterocycles. The zero-order valence-corrected chi connectivity index (χ0v) is 19.9. The number of nitrogens with zero attached hydrogens (tertiary/aromatic N) is 4. The third kappa shape index (κ3) is 6.04. The van der Waals surface area contributed by atoms with Crippen LogP contribution in [0.2, 0.25) is 0 Å². The number of hydrogen-bond donors (Lipinski definition) is 2. The van der Waals surface area contributed by atoms with E-state index in [4.69, 9.17) is 10.7 Å². The lowest BCUT2D eigenvalue weighted by molar-refractivity contribution is -0.815. The lowest BCUT2D eigenvalue weighted by Crippen LogP contribution is -2.49. The highest BCUT2D eigenvalue weighted by molar-refractivity contribution is 5.76. The van der Waals surface area contributed by atoms with E-state index in [1.165, 1.54) is 17.5 Å². The third-order valence-electron chi connectivity index (χ3n) is 7.23. The zero-order chi connectivity index (χ0) is 22.9. The van der Waals surface area contributed by atoms with E-state index >= 15 is 0 Å². The highest BCUT2D eigenvalue weighted by Crippen LogP contribution is 2.59. The Kier molecular flexibility index (Phi) is 6.77. The number of likely N-dealkylation sites (tertiary alicyclic amines) is 1. The largest absolute Gasteiger partial charge is 0.390 e. The fourth-order valence-corrected chi connectivity index (χ4v) is 4.64. The molecule has 3 N–H and O–H groups in total. The van der Waals surface area contributed by atoms with Crippen LogP contribution in [0.4, 0.5) is 0 Å². The molecule has 2 aliphatic rings. The quantitative estimate of drug-likeness (QED) is 0.395. The number of aliphatic hydroxyl groups is 1.